The zero-order chi connectivity index (χ0) is 16.1. The van der Waals surface area contributed by atoms with Crippen LogP contribution in [-0.4, -0.2) is 12.6 Å². The van der Waals surface area contributed by atoms with Gasteiger partial charge in [-0.1, -0.05) is 29.8 Å². The summed E-state index contributed by atoms with van der Waals surface area (Å²) in [6.07, 6.45) is 0. The van der Waals surface area contributed by atoms with Crippen molar-refractivity contribution < 1.29 is 14.3 Å². The Morgan fingerprint density at radius 1 is 1.18 bits per heavy atom. The quantitative estimate of drug-likeness (QED) is 0.255. The minimum absolute atomic E-state index is 0.120. The van der Waals surface area contributed by atoms with Crippen LogP contribution in [0, 0.1) is 6.92 Å². The van der Waals surface area contributed by atoms with Gasteiger partial charge in [-0.15, -0.1) is 0 Å². The van der Waals surface area contributed by atoms with E-state index in [1.165, 1.54) is 5.56 Å². The molecule has 0 saturated carbocycles. The smallest absolute Gasteiger partial charge is 0.361 e. The second-order valence-electron chi connectivity index (χ2n) is 4.72. The molecule has 0 aliphatic heterocycles. The highest BCUT2D eigenvalue weighted by Crippen LogP contribution is 2.23. The van der Waals surface area contributed by atoms with E-state index in [9.17, 15) is 4.79 Å². The summed E-state index contributed by atoms with van der Waals surface area (Å²) in [6, 6.07) is 11.6. The molecule has 0 saturated heterocycles. The van der Waals surface area contributed by atoms with Crippen molar-refractivity contribution in [3.05, 3.63) is 53.5 Å². The van der Waals surface area contributed by atoms with Gasteiger partial charge in [0.2, 0.25) is 5.88 Å². The zero-order valence-corrected chi connectivity index (χ0v) is 12.6. The Balaban J connectivity index is 2.28. The molecule has 0 aliphatic carbocycles. The van der Waals surface area contributed by atoms with Crippen molar-refractivity contribution >= 4 is 16.7 Å². The average Bonchev–Trinajstić information content (AvgIpc) is 2.48. The summed E-state index contributed by atoms with van der Waals surface area (Å²) in [5.41, 5.74) is 9.04. The van der Waals surface area contributed by atoms with Crippen molar-refractivity contribution in [2.45, 2.75) is 13.8 Å². The predicted molar refractivity (Wildman–Crippen MR) is 84.5 cm³/mol. The lowest BCUT2D eigenvalue weighted by atomic mass is 10.1. The van der Waals surface area contributed by atoms with E-state index in [2.05, 4.69) is 11.5 Å². The molecule has 0 amide bonds. The maximum absolute atomic E-state index is 11.7. The van der Waals surface area contributed by atoms with Crippen molar-refractivity contribution in [2.75, 3.05) is 6.61 Å². The Hall–Kier alpha value is -2.73. The number of carbonyl (C=O) groups excluding carboxylic acids is 1. The van der Waals surface area contributed by atoms with Gasteiger partial charge in [0, 0.05) is 0 Å². The molecule has 0 radical (unpaired) electrons. The van der Waals surface area contributed by atoms with Crippen LogP contribution >= 0.6 is 0 Å². The topological polar surface area (TPSA) is 99.6 Å². The van der Waals surface area contributed by atoms with Crippen LogP contribution in [0.5, 0.6) is 5.75 Å². The molecule has 2 rings (SSSR count). The molecule has 0 spiro atoms. The molecule has 5 N–H and O–H groups in total. The van der Waals surface area contributed by atoms with E-state index in [1.54, 1.807) is 13.0 Å². The van der Waals surface area contributed by atoms with Gasteiger partial charge in [0.05, 0.1) is 6.61 Å². The molecular formula is C16H19N3O3. The van der Waals surface area contributed by atoms with Crippen molar-refractivity contribution in [2.24, 2.45) is 11.6 Å². The number of nitrogens with two attached hydrogens (primary N) is 2. The maximum Gasteiger partial charge on any atom is 0.361 e. The van der Waals surface area contributed by atoms with Crippen molar-refractivity contribution in [1.82, 2.24) is 5.43 Å². The van der Waals surface area contributed by atoms with E-state index in [-0.39, 0.29) is 18.2 Å². The summed E-state index contributed by atoms with van der Waals surface area (Å²) >= 11 is 0. The molecule has 0 aromatic heterocycles. The number of hydrogen-bond donors (Lipinski definition) is 3. The summed E-state index contributed by atoms with van der Waals surface area (Å²) in [4.78, 5) is 11.7. The number of ether oxygens (including phenoxy) is 2. The van der Waals surface area contributed by atoms with Crippen LogP contribution in [0.25, 0.3) is 10.8 Å². The van der Waals surface area contributed by atoms with E-state index < -0.39 is 5.97 Å². The SMILES string of the molecule is CCOC(=O)/C(NN)=C(/N)Oc1ccc2cc(C)ccc2c1. The van der Waals surface area contributed by atoms with Gasteiger partial charge < -0.3 is 20.6 Å². The molecular weight excluding hydrogens is 282 g/mol. The minimum atomic E-state index is -0.668. The molecule has 0 unspecified atom stereocenters. The first-order chi connectivity index (χ1) is 10.5. The fraction of sp³-hybridized carbons (Fsp3) is 0.188. The van der Waals surface area contributed by atoms with Crippen molar-refractivity contribution in [1.29, 1.82) is 0 Å². The lowest BCUT2D eigenvalue weighted by Crippen LogP contribution is -2.32. The predicted octanol–water partition coefficient (Wildman–Crippen LogP) is 1.68. The molecule has 0 atom stereocenters. The van der Waals surface area contributed by atoms with Crippen LogP contribution in [0.2, 0.25) is 0 Å². The van der Waals surface area contributed by atoms with E-state index in [0.717, 1.165) is 10.8 Å². The van der Waals surface area contributed by atoms with E-state index in [4.69, 9.17) is 21.1 Å². The molecule has 0 bridgehead atoms. The van der Waals surface area contributed by atoms with E-state index >= 15 is 0 Å². The summed E-state index contributed by atoms with van der Waals surface area (Å²) in [6.45, 7) is 3.93. The van der Waals surface area contributed by atoms with Gasteiger partial charge in [0.1, 0.15) is 5.75 Å². The Labute approximate surface area is 128 Å². The number of hydrogen-bond acceptors (Lipinski definition) is 6. The number of benzene rings is 2. The van der Waals surface area contributed by atoms with Crippen LogP contribution < -0.4 is 21.7 Å². The van der Waals surface area contributed by atoms with Gasteiger partial charge in [-0.2, -0.15) is 0 Å². The van der Waals surface area contributed by atoms with E-state index in [0.29, 0.717) is 5.75 Å². The monoisotopic (exact) mass is 301 g/mol. The lowest BCUT2D eigenvalue weighted by molar-refractivity contribution is -0.139. The Kier molecular flexibility index (Phi) is 4.85. The molecule has 0 aliphatic rings. The number of rotatable bonds is 5. The zero-order valence-electron chi connectivity index (χ0n) is 12.6. The number of hydrazine groups is 1. The molecule has 6 heteroatoms. The molecule has 116 valence electrons. The van der Waals surface area contributed by atoms with Gasteiger partial charge in [0.15, 0.2) is 5.70 Å². The molecule has 2 aromatic rings. The van der Waals surface area contributed by atoms with Crippen LogP contribution in [0.1, 0.15) is 12.5 Å². The third kappa shape index (κ3) is 3.48. The fourth-order valence-corrected chi connectivity index (χ4v) is 2.02. The fourth-order valence-electron chi connectivity index (χ4n) is 2.02. The van der Waals surface area contributed by atoms with Gasteiger partial charge in [-0.05, 0) is 36.8 Å². The molecule has 22 heavy (non-hydrogen) atoms. The van der Waals surface area contributed by atoms with Crippen molar-refractivity contribution in [3.8, 4) is 5.75 Å². The van der Waals surface area contributed by atoms with Gasteiger partial charge in [-0.3, -0.25) is 5.84 Å². The van der Waals surface area contributed by atoms with Gasteiger partial charge in [0.25, 0.3) is 0 Å². The molecule has 0 heterocycles. The molecule has 6 nitrogen and oxygen atoms in total. The highest BCUT2D eigenvalue weighted by atomic mass is 16.5. The Morgan fingerprint density at radius 2 is 1.86 bits per heavy atom. The second kappa shape index (κ2) is 6.82. The Bertz CT molecular complexity index is 726. The second-order valence-corrected chi connectivity index (χ2v) is 4.72. The van der Waals surface area contributed by atoms with E-state index in [1.807, 2.05) is 31.2 Å². The minimum Gasteiger partial charge on any atom is -0.461 e. The highest BCUT2D eigenvalue weighted by molar-refractivity contribution is 5.88. The largest absolute Gasteiger partial charge is 0.461 e. The molecule has 0 fully saturated rings. The first-order valence-corrected chi connectivity index (χ1v) is 6.87. The van der Waals surface area contributed by atoms with Crippen LogP contribution in [0.4, 0.5) is 0 Å². The summed E-state index contributed by atoms with van der Waals surface area (Å²) < 4.78 is 10.3. The highest BCUT2D eigenvalue weighted by Gasteiger charge is 2.15. The summed E-state index contributed by atoms with van der Waals surface area (Å²) in [5.74, 6) is 4.99. The average molecular weight is 301 g/mol. The Morgan fingerprint density at radius 3 is 2.55 bits per heavy atom. The number of carbonyl (C=O) groups is 1. The first-order valence-electron chi connectivity index (χ1n) is 6.87. The molecule has 2 aromatic carbocycles. The lowest BCUT2D eigenvalue weighted by Gasteiger charge is -2.11. The maximum atomic E-state index is 11.7. The van der Waals surface area contributed by atoms with Crippen LogP contribution in [0.3, 0.4) is 0 Å². The number of aryl methyl sites for hydroxylation is 1. The standard InChI is InChI=1S/C16H19N3O3/c1-3-21-16(20)14(19-18)15(17)22-13-7-6-11-8-10(2)4-5-12(11)9-13/h4-9,19H,3,17-18H2,1-2H3/b15-14+. The number of esters is 1. The van der Waals surface area contributed by atoms with Crippen molar-refractivity contribution in [3.63, 3.8) is 0 Å². The normalized spacial score (nSPS) is 11.8. The summed E-state index contributed by atoms with van der Waals surface area (Å²) in [5, 5.41) is 2.10. The number of fused-ring (bicyclic) bond motifs is 1. The number of nitrogens with one attached hydrogen (secondary N) is 1. The first kappa shape index (κ1) is 15.7. The summed E-state index contributed by atoms with van der Waals surface area (Å²) in [7, 11) is 0. The van der Waals surface area contributed by atoms with Crippen LogP contribution in [-0.2, 0) is 9.53 Å². The van der Waals surface area contributed by atoms with Gasteiger partial charge >= 0.3 is 5.97 Å². The third-order valence-corrected chi connectivity index (χ3v) is 3.07. The van der Waals surface area contributed by atoms with Crippen LogP contribution in [0.15, 0.2) is 48.0 Å². The third-order valence-electron chi connectivity index (χ3n) is 3.07. The van der Waals surface area contributed by atoms with Gasteiger partial charge in [-0.25, -0.2) is 4.79 Å².